The Kier molecular flexibility index (Phi) is 4.62. The number of carbonyl (C=O) groups excluding carboxylic acids is 3. The van der Waals surface area contributed by atoms with E-state index in [0.29, 0.717) is 23.3 Å². The number of ether oxygens (including phenoxy) is 1. The van der Waals surface area contributed by atoms with Crippen LogP contribution in [0, 0.1) is 0 Å². The van der Waals surface area contributed by atoms with Crippen molar-refractivity contribution in [3.05, 3.63) is 65.7 Å². The van der Waals surface area contributed by atoms with Crippen LogP contribution in [0.25, 0.3) is 0 Å². The molecule has 0 aromatic heterocycles. The normalized spacial score (nSPS) is 19.2. The van der Waals surface area contributed by atoms with Gasteiger partial charge >= 0.3 is 6.03 Å². The Morgan fingerprint density at radius 2 is 1.77 bits per heavy atom. The highest BCUT2D eigenvalue weighted by Gasteiger charge is 2.52. The summed E-state index contributed by atoms with van der Waals surface area (Å²) in [5, 5.41) is 3.45. The molecule has 1 saturated heterocycles. The second-order valence-electron chi connectivity index (χ2n) is 5.87. The van der Waals surface area contributed by atoms with Gasteiger partial charge in [0.2, 0.25) is 0 Å². The van der Waals surface area contributed by atoms with E-state index < -0.39 is 23.4 Å². The third-order valence-corrected chi connectivity index (χ3v) is 4.45. The molecule has 1 heterocycles. The van der Waals surface area contributed by atoms with Crippen LogP contribution < -0.4 is 15.5 Å². The molecule has 3 rings (SSSR count). The van der Waals surface area contributed by atoms with Crippen LogP contribution in [0.2, 0.25) is 0 Å². The zero-order valence-corrected chi connectivity index (χ0v) is 14.5. The zero-order valence-electron chi connectivity index (χ0n) is 14.5. The van der Waals surface area contributed by atoms with Gasteiger partial charge in [-0.3, -0.25) is 15.0 Å². The molecule has 2 N–H and O–H groups in total. The predicted molar refractivity (Wildman–Crippen MR) is 94.2 cm³/mol. The molecule has 0 radical (unpaired) electrons. The average Bonchev–Trinajstić information content (AvgIpc) is 2.93. The first-order valence-corrected chi connectivity index (χ1v) is 8.19. The number of hydrogen-bond donors (Lipinski definition) is 2. The van der Waals surface area contributed by atoms with Crippen molar-refractivity contribution in [2.75, 3.05) is 7.11 Å². The number of amides is 4. The maximum atomic E-state index is 12.9. The molecule has 134 valence electrons. The van der Waals surface area contributed by atoms with Crippen molar-refractivity contribution < 1.29 is 19.1 Å². The van der Waals surface area contributed by atoms with Crippen LogP contribution in [0.4, 0.5) is 4.79 Å². The number of nitrogens with one attached hydrogen (secondary N) is 2. The average molecular weight is 353 g/mol. The van der Waals surface area contributed by atoms with Crippen molar-refractivity contribution in [2.24, 2.45) is 0 Å². The van der Waals surface area contributed by atoms with E-state index in [0.717, 1.165) is 5.01 Å². The molecule has 0 spiro atoms. The van der Waals surface area contributed by atoms with Crippen LogP contribution in [0.1, 0.15) is 29.3 Å². The molecule has 4 amide bonds. The first kappa shape index (κ1) is 17.5. The number of nitrogens with zero attached hydrogens (tertiary/aromatic N) is 1. The topological polar surface area (TPSA) is 87.7 Å². The number of rotatable bonds is 5. The maximum Gasteiger partial charge on any atom is 0.344 e. The van der Waals surface area contributed by atoms with E-state index in [4.69, 9.17) is 4.74 Å². The minimum absolute atomic E-state index is 0.306. The molecule has 7 heteroatoms. The van der Waals surface area contributed by atoms with E-state index in [1.807, 2.05) is 6.07 Å². The van der Waals surface area contributed by atoms with Gasteiger partial charge in [-0.1, -0.05) is 37.3 Å². The molecule has 2 aromatic rings. The molecule has 1 atom stereocenters. The molecule has 0 aliphatic carbocycles. The molecule has 7 nitrogen and oxygen atoms in total. The van der Waals surface area contributed by atoms with Crippen molar-refractivity contribution in [3.8, 4) is 5.75 Å². The van der Waals surface area contributed by atoms with E-state index in [2.05, 4.69) is 10.7 Å². The molecule has 1 aliphatic rings. The van der Waals surface area contributed by atoms with Crippen molar-refractivity contribution in [2.45, 2.75) is 18.9 Å². The Morgan fingerprint density at radius 3 is 2.35 bits per heavy atom. The first-order chi connectivity index (χ1) is 12.5. The highest BCUT2D eigenvalue weighted by molar-refractivity contribution is 6.09. The number of carbonyl (C=O) groups is 3. The Hall–Kier alpha value is -3.35. The largest absolute Gasteiger partial charge is 0.497 e. The summed E-state index contributed by atoms with van der Waals surface area (Å²) < 4.78 is 5.05. The summed E-state index contributed by atoms with van der Waals surface area (Å²) in [5.74, 6) is -0.472. The van der Waals surface area contributed by atoms with E-state index in [1.165, 1.54) is 7.11 Å². The lowest BCUT2D eigenvalue weighted by Gasteiger charge is -2.25. The summed E-state index contributed by atoms with van der Waals surface area (Å²) in [4.78, 5) is 37.7. The van der Waals surface area contributed by atoms with Gasteiger partial charge in [-0.05, 0) is 36.2 Å². The van der Waals surface area contributed by atoms with Crippen molar-refractivity contribution in [3.63, 3.8) is 0 Å². The van der Waals surface area contributed by atoms with Crippen LogP contribution in [-0.2, 0) is 10.3 Å². The third-order valence-electron chi connectivity index (χ3n) is 4.45. The van der Waals surface area contributed by atoms with Crippen LogP contribution in [0.15, 0.2) is 54.6 Å². The van der Waals surface area contributed by atoms with Gasteiger partial charge in [0.15, 0.2) is 0 Å². The zero-order chi connectivity index (χ0) is 18.7. The quantitative estimate of drug-likeness (QED) is 0.807. The van der Waals surface area contributed by atoms with Crippen LogP contribution >= 0.6 is 0 Å². The first-order valence-electron chi connectivity index (χ1n) is 8.19. The molecule has 26 heavy (non-hydrogen) atoms. The Labute approximate surface area is 150 Å². The molecule has 0 saturated carbocycles. The van der Waals surface area contributed by atoms with Gasteiger partial charge in [-0.2, -0.15) is 5.01 Å². The molecular weight excluding hydrogens is 334 g/mol. The predicted octanol–water partition coefficient (Wildman–Crippen LogP) is 2.20. The van der Waals surface area contributed by atoms with Crippen molar-refractivity contribution >= 4 is 17.8 Å². The van der Waals surface area contributed by atoms with Gasteiger partial charge in [-0.15, -0.1) is 0 Å². The second kappa shape index (κ2) is 6.87. The summed E-state index contributed by atoms with van der Waals surface area (Å²) in [5.41, 5.74) is 2.17. The summed E-state index contributed by atoms with van der Waals surface area (Å²) in [6, 6.07) is 14.7. The number of hydrazine groups is 1. The molecule has 1 aliphatic heterocycles. The summed E-state index contributed by atoms with van der Waals surface area (Å²) in [6.07, 6.45) is 0.358. The van der Waals surface area contributed by atoms with Gasteiger partial charge in [0.05, 0.1) is 7.11 Å². The number of imide groups is 1. The summed E-state index contributed by atoms with van der Waals surface area (Å²) in [7, 11) is 1.52. The highest BCUT2D eigenvalue weighted by Crippen LogP contribution is 2.31. The smallest absolute Gasteiger partial charge is 0.344 e. The lowest BCUT2D eigenvalue weighted by Crippen LogP contribution is -2.48. The maximum absolute atomic E-state index is 12.9. The van der Waals surface area contributed by atoms with Crippen molar-refractivity contribution in [1.82, 2.24) is 15.8 Å². The standard InChI is InChI=1S/C19H19N3O4/c1-3-19(14-7-5-4-6-8-14)17(24)22(18(25)20-19)21-16(23)13-9-11-15(26-2)12-10-13/h4-12H,3H2,1-2H3,(H,20,25)(H,21,23)/t19-/m0/s1. The Bertz CT molecular complexity index is 836. The van der Waals surface area contributed by atoms with E-state index in [-0.39, 0.29) is 0 Å². The van der Waals surface area contributed by atoms with Crippen LogP contribution in [-0.4, -0.2) is 30.0 Å². The fraction of sp³-hybridized carbons (Fsp3) is 0.211. The van der Waals surface area contributed by atoms with Crippen LogP contribution in [0.5, 0.6) is 5.75 Å². The Morgan fingerprint density at radius 1 is 1.12 bits per heavy atom. The fourth-order valence-corrected chi connectivity index (χ4v) is 2.95. The molecule has 0 bridgehead atoms. The SMILES string of the molecule is CC[C@@]1(c2ccccc2)NC(=O)N(NC(=O)c2ccc(OC)cc2)C1=O. The number of urea groups is 1. The lowest BCUT2D eigenvalue weighted by molar-refractivity contribution is -0.133. The summed E-state index contributed by atoms with van der Waals surface area (Å²) >= 11 is 0. The molecular formula is C19H19N3O4. The molecule has 0 unspecified atom stereocenters. The second-order valence-corrected chi connectivity index (χ2v) is 5.87. The summed E-state index contributed by atoms with van der Waals surface area (Å²) in [6.45, 7) is 1.81. The van der Waals surface area contributed by atoms with E-state index in [9.17, 15) is 14.4 Å². The van der Waals surface area contributed by atoms with Gasteiger partial charge in [0, 0.05) is 5.56 Å². The molecule has 2 aromatic carbocycles. The van der Waals surface area contributed by atoms with Gasteiger partial charge in [-0.25, -0.2) is 4.79 Å². The fourth-order valence-electron chi connectivity index (χ4n) is 2.95. The van der Waals surface area contributed by atoms with Crippen LogP contribution in [0.3, 0.4) is 0 Å². The minimum Gasteiger partial charge on any atom is -0.497 e. The number of methoxy groups -OCH3 is 1. The van der Waals surface area contributed by atoms with Gasteiger partial charge < -0.3 is 10.1 Å². The monoisotopic (exact) mass is 353 g/mol. The minimum atomic E-state index is -1.19. The number of benzene rings is 2. The van der Waals surface area contributed by atoms with Gasteiger partial charge in [0.1, 0.15) is 11.3 Å². The number of hydrogen-bond acceptors (Lipinski definition) is 4. The highest BCUT2D eigenvalue weighted by atomic mass is 16.5. The van der Waals surface area contributed by atoms with E-state index in [1.54, 1.807) is 55.5 Å². The lowest BCUT2D eigenvalue weighted by atomic mass is 9.87. The molecule has 1 fully saturated rings. The Balaban J connectivity index is 1.83. The third kappa shape index (κ3) is 2.88. The van der Waals surface area contributed by atoms with E-state index >= 15 is 0 Å². The van der Waals surface area contributed by atoms with Gasteiger partial charge in [0.25, 0.3) is 11.8 Å². The van der Waals surface area contributed by atoms with Crippen molar-refractivity contribution in [1.29, 1.82) is 0 Å².